The van der Waals surface area contributed by atoms with Crippen LogP contribution in [-0.2, 0) is 39.6 Å². The van der Waals surface area contributed by atoms with Crippen molar-refractivity contribution in [1.82, 2.24) is 9.21 Å². The molecule has 0 radical (unpaired) electrons. The van der Waals surface area contributed by atoms with E-state index >= 15 is 4.39 Å². The van der Waals surface area contributed by atoms with E-state index in [9.17, 15) is 27.6 Å². The van der Waals surface area contributed by atoms with E-state index in [-0.39, 0.29) is 57.6 Å². The summed E-state index contributed by atoms with van der Waals surface area (Å²) in [5, 5.41) is 6.36. The molecule has 2 aromatic carbocycles. The minimum atomic E-state index is -3.90. The molecule has 14 nitrogen and oxygen atoms in total. The van der Waals surface area contributed by atoms with E-state index in [0.29, 0.717) is 41.9 Å². The Hall–Kier alpha value is -4.45. The van der Waals surface area contributed by atoms with Crippen LogP contribution >= 0.6 is 22.9 Å². The van der Waals surface area contributed by atoms with Crippen LogP contribution in [0.25, 0.3) is 10.4 Å². The minimum absolute atomic E-state index is 0.0204. The summed E-state index contributed by atoms with van der Waals surface area (Å²) < 4.78 is 66.8. The highest BCUT2D eigenvalue weighted by Gasteiger charge is 2.60. The highest BCUT2D eigenvalue weighted by molar-refractivity contribution is 7.88. The fraction of sp³-hybridized carbons (Fsp3) is 0.565. The molecule has 2 amide bonds. The third kappa shape index (κ3) is 12.1. The van der Waals surface area contributed by atoms with Gasteiger partial charge in [0.25, 0.3) is 0 Å². The van der Waals surface area contributed by atoms with Gasteiger partial charge >= 0.3 is 18.0 Å². The Kier molecular flexibility index (Phi) is 13.8. The number of piperidine rings is 2. The average Bonchev–Trinajstić information content (AvgIpc) is 3.44. The highest BCUT2D eigenvalue weighted by Crippen LogP contribution is 2.52. The van der Waals surface area contributed by atoms with Gasteiger partial charge in [0, 0.05) is 42.8 Å². The van der Waals surface area contributed by atoms with Crippen molar-refractivity contribution in [1.29, 1.82) is 0 Å². The number of carbonyl (C=O) groups is 4. The third-order valence-electron chi connectivity index (χ3n) is 10.9. The van der Waals surface area contributed by atoms with Crippen LogP contribution in [0.3, 0.4) is 0 Å². The van der Waals surface area contributed by atoms with E-state index in [1.54, 1.807) is 67.2 Å². The maximum Gasteiger partial charge on any atom is 0.410 e. The lowest BCUT2D eigenvalue weighted by atomic mass is 9.89. The normalized spacial score (nSPS) is 21.1. The monoisotopic (exact) mass is 946 g/mol. The molecule has 4 atom stereocenters. The number of amides is 2. The molecule has 1 saturated carbocycles. The molecule has 2 saturated heterocycles. The highest BCUT2D eigenvalue weighted by atomic mass is 35.5. The van der Waals surface area contributed by atoms with Crippen LogP contribution in [-0.4, -0.2) is 96.2 Å². The molecule has 350 valence electrons. The van der Waals surface area contributed by atoms with Crippen LogP contribution in [0.1, 0.15) is 104 Å². The van der Waals surface area contributed by atoms with E-state index in [1.165, 1.54) is 16.4 Å². The summed E-state index contributed by atoms with van der Waals surface area (Å²) in [6.07, 6.45) is 0.519. The zero-order valence-corrected chi connectivity index (χ0v) is 40.7. The van der Waals surface area contributed by atoms with Crippen LogP contribution < -0.4 is 15.4 Å². The molecule has 2 N–H and O–H groups in total. The molecule has 3 aliphatic rings. The molecular weight excluding hydrogens is 887 g/mol. The molecule has 3 fully saturated rings. The number of halogens is 2. The predicted molar refractivity (Wildman–Crippen MR) is 245 cm³/mol. The van der Waals surface area contributed by atoms with E-state index in [0.717, 1.165) is 23.1 Å². The summed E-state index contributed by atoms with van der Waals surface area (Å²) in [4.78, 5) is 53.8. The Balaban J connectivity index is 1.09. The number of hydrogen-bond acceptors (Lipinski definition) is 12. The van der Waals surface area contributed by atoms with Crippen molar-refractivity contribution in [3.8, 4) is 16.2 Å². The molecule has 18 heteroatoms. The topological polar surface area (TPSA) is 170 Å². The van der Waals surface area contributed by atoms with Crippen molar-refractivity contribution >= 4 is 68.3 Å². The lowest BCUT2D eigenvalue weighted by Crippen LogP contribution is -2.55. The molecule has 3 aromatic rings. The quantitative estimate of drug-likeness (QED) is 0.131. The van der Waals surface area contributed by atoms with Gasteiger partial charge in [-0.15, -0.1) is 11.3 Å². The molecule has 0 bridgehead atoms. The van der Waals surface area contributed by atoms with Gasteiger partial charge in [0.2, 0.25) is 15.9 Å². The summed E-state index contributed by atoms with van der Waals surface area (Å²) >= 11 is 7.97. The fourth-order valence-corrected chi connectivity index (χ4v) is 11.7. The smallest absolute Gasteiger partial charge is 0.410 e. The molecule has 64 heavy (non-hydrogen) atoms. The number of carbonyl (C=O) groups excluding carboxylic acids is 4. The number of fused-ring (bicyclic) bond motifs is 1. The number of esters is 2. The van der Waals surface area contributed by atoms with Crippen LogP contribution in [0.4, 0.5) is 20.6 Å². The Morgan fingerprint density at radius 1 is 0.906 bits per heavy atom. The van der Waals surface area contributed by atoms with Crippen molar-refractivity contribution in [3.63, 3.8) is 0 Å². The van der Waals surface area contributed by atoms with E-state index in [2.05, 4.69) is 10.6 Å². The predicted octanol–water partition coefficient (Wildman–Crippen LogP) is 9.12. The summed E-state index contributed by atoms with van der Waals surface area (Å²) in [6.45, 7) is 20.0. The third-order valence-corrected chi connectivity index (χ3v) is 14.6. The van der Waals surface area contributed by atoms with Crippen molar-refractivity contribution < 1.29 is 50.9 Å². The fourth-order valence-electron chi connectivity index (χ4n) is 8.33. The molecule has 0 spiro atoms. The zero-order valence-electron chi connectivity index (χ0n) is 38.3. The van der Waals surface area contributed by atoms with E-state index < -0.39 is 68.6 Å². The summed E-state index contributed by atoms with van der Waals surface area (Å²) in [7, 11) is -3.90. The molecule has 1 aliphatic carbocycles. The van der Waals surface area contributed by atoms with Gasteiger partial charge in [-0.25, -0.2) is 27.2 Å². The number of benzene rings is 2. The second-order valence-electron chi connectivity index (χ2n) is 20.4. The molecule has 1 aromatic heterocycles. The Bertz CT molecular complexity index is 2390. The van der Waals surface area contributed by atoms with E-state index in [4.69, 9.17) is 30.5 Å². The Labute approximate surface area is 384 Å². The number of likely N-dealkylation sites (tertiary alicyclic amines) is 1. The van der Waals surface area contributed by atoms with Gasteiger partial charge < -0.3 is 34.5 Å². The zero-order chi connectivity index (χ0) is 47.3. The number of anilines is 2. The first-order valence-electron chi connectivity index (χ1n) is 21.4. The summed E-state index contributed by atoms with van der Waals surface area (Å²) in [6, 6.07) is 11.3. The molecule has 3 heterocycles. The van der Waals surface area contributed by atoms with Crippen LogP contribution in [0.15, 0.2) is 42.5 Å². The standard InChI is InChI=1S/C46H60ClFN4O10S2/c1-43(2,3)60-34(53)24-59-37-36(47)38(63-39(37)41(55)61-44(4,5)6)27-13-12-14-28(20-27)49-29-17-18-52(46(10,11)21-29)64(57,58)25-26-15-16-32(48)33(19-26)50-40(54)35-30-22-51(23-31(30)35)42(56)62-45(7,8)9/h12-16,19-20,29-31,35,49H,17-18,21-25H2,1-11H3,(H,50,54)/t29?,30-,31+,35?. The number of nitrogens with zero attached hydrogens (tertiary/aromatic N) is 2. The van der Waals surface area contributed by atoms with Crippen molar-refractivity contribution in [2.75, 3.05) is 36.9 Å². The second kappa shape index (κ2) is 18.1. The Morgan fingerprint density at radius 2 is 1.55 bits per heavy atom. The van der Waals surface area contributed by atoms with Gasteiger partial charge in [0.15, 0.2) is 17.2 Å². The van der Waals surface area contributed by atoms with Gasteiger partial charge in [-0.2, -0.15) is 4.31 Å². The maximum atomic E-state index is 15.0. The van der Waals surface area contributed by atoms with Crippen LogP contribution in [0.5, 0.6) is 5.75 Å². The molecule has 2 unspecified atom stereocenters. The largest absolute Gasteiger partial charge is 0.479 e. The van der Waals surface area contributed by atoms with Crippen LogP contribution in [0.2, 0.25) is 5.02 Å². The maximum absolute atomic E-state index is 15.0. The van der Waals surface area contributed by atoms with Crippen LogP contribution in [0, 0.1) is 23.6 Å². The van der Waals surface area contributed by atoms with Crippen molar-refractivity contribution in [2.45, 2.75) is 123 Å². The molecule has 2 aliphatic heterocycles. The number of nitrogens with one attached hydrogen (secondary N) is 2. The van der Waals surface area contributed by atoms with Gasteiger partial charge in [0.1, 0.15) is 27.6 Å². The Morgan fingerprint density at radius 3 is 2.16 bits per heavy atom. The first kappa shape index (κ1) is 49.0. The SMILES string of the molecule is CC(C)(C)OC(=O)COc1c(C(=O)OC(C)(C)C)sc(-c2cccc(NC3CCN(S(=O)(=O)Cc4ccc(F)c(NC(=O)C5[C@H]6CN(C(=O)OC(C)(C)C)C[C@@H]56)c4)C(C)(C)C3)c2)c1Cl. The number of sulfonamides is 1. The number of rotatable bonds is 12. The van der Waals surface area contributed by atoms with Crippen molar-refractivity contribution in [2.24, 2.45) is 17.8 Å². The van der Waals surface area contributed by atoms with Gasteiger partial charge in [-0.05, 0) is 136 Å². The van der Waals surface area contributed by atoms with Gasteiger partial charge in [0.05, 0.1) is 16.3 Å². The van der Waals surface area contributed by atoms with Gasteiger partial charge in [-0.3, -0.25) is 4.79 Å². The average molecular weight is 948 g/mol. The van der Waals surface area contributed by atoms with Crippen molar-refractivity contribution in [3.05, 3.63) is 63.7 Å². The lowest BCUT2D eigenvalue weighted by Gasteiger charge is -2.45. The van der Waals surface area contributed by atoms with Gasteiger partial charge in [-0.1, -0.05) is 29.8 Å². The minimum Gasteiger partial charge on any atom is -0.479 e. The number of ether oxygens (including phenoxy) is 4. The summed E-state index contributed by atoms with van der Waals surface area (Å²) in [5.41, 5.74) is -1.33. The first-order chi connectivity index (χ1) is 29.5. The first-order valence-corrected chi connectivity index (χ1v) is 24.2. The molecule has 6 rings (SSSR count). The number of hydrogen-bond donors (Lipinski definition) is 2. The number of thiophene rings is 1. The van der Waals surface area contributed by atoms with E-state index in [1.807, 2.05) is 38.1 Å². The summed E-state index contributed by atoms with van der Waals surface area (Å²) in [5.74, 6) is -3.17. The lowest BCUT2D eigenvalue weighted by molar-refractivity contribution is -0.157. The molecular formula is C46H60ClFN4O10S2. The second-order valence-corrected chi connectivity index (χ2v) is 23.7.